The molecule has 0 bridgehead atoms. The Morgan fingerprint density at radius 1 is 1.54 bits per heavy atom. The molecular weight excluding hydrogens is 188 g/mol. The fourth-order valence-corrected chi connectivity index (χ4v) is 2.05. The first-order valence-corrected chi connectivity index (χ1v) is 4.55. The van der Waals surface area contributed by atoms with Crippen LogP contribution in [-0.4, -0.2) is 9.91 Å². The molecule has 13 heavy (non-hydrogen) atoms. The summed E-state index contributed by atoms with van der Waals surface area (Å²) < 4.78 is 0.897. The van der Waals surface area contributed by atoms with Gasteiger partial charge in [0, 0.05) is 11.6 Å². The highest BCUT2D eigenvalue weighted by Gasteiger charge is 2.13. The van der Waals surface area contributed by atoms with Crippen molar-refractivity contribution in [3.05, 3.63) is 33.3 Å². The number of aryl methyl sites for hydroxylation is 1. The maximum absolute atomic E-state index is 10.6. The lowest BCUT2D eigenvalue weighted by Gasteiger charge is -1.96. The van der Waals surface area contributed by atoms with E-state index < -0.39 is 0 Å². The van der Waals surface area contributed by atoms with Gasteiger partial charge in [0.1, 0.15) is 0 Å². The second-order valence-electron chi connectivity index (χ2n) is 2.67. The Hall–Kier alpha value is -1.49. The third kappa shape index (κ3) is 1.17. The van der Waals surface area contributed by atoms with Crippen LogP contribution in [0.4, 0.5) is 5.69 Å². The van der Waals surface area contributed by atoms with Crippen molar-refractivity contribution in [2.75, 3.05) is 0 Å². The van der Waals surface area contributed by atoms with Gasteiger partial charge in [-0.1, -0.05) is 0 Å². The van der Waals surface area contributed by atoms with Crippen LogP contribution in [-0.2, 0) is 0 Å². The van der Waals surface area contributed by atoms with Crippen molar-refractivity contribution in [2.24, 2.45) is 0 Å². The van der Waals surface area contributed by atoms with E-state index in [-0.39, 0.29) is 10.6 Å². The molecule has 0 fully saturated rings. The van der Waals surface area contributed by atoms with Gasteiger partial charge in [-0.05, 0) is 13.0 Å². The van der Waals surface area contributed by atoms with Gasteiger partial charge in [-0.3, -0.25) is 10.1 Å². The van der Waals surface area contributed by atoms with Crippen LogP contribution in [0.3, 0.4) is 0 Å². The Balaban J connectivity index is 2.80. The number of thiazole rings is 1. The fraction of sp³-hybridized carbons (Fsp3) is 0.125. The minimum atomic E-state index is -0.367. The standard InChI is InChI=1S/C8H6N2O2S/c1-5-7(10(11)12)3-2-6-8(5)13-4-9-6/h2-4H,1H3. The molecule has 1 aromatic heterocycles. The zero-order valence-electron chi connectivity index (χ0n) is 6.85. The van der Waals surface area contributed by atoms with E-state index in [0.29, 0.717) is 5.56 Å². The van der Waals surface area contributed by atoms with E-state index in [0.717, 1.165) is 10.2 Å². The highest BCUT2D eigenvalue weighted by Crippen LogP contribution is 2.28. The summed E-state index contributed by atoms with van der Waals surface area (Å²) in [5.41, 5.74) is 3.39. The summed E-state index contributed by atoms with van der Waals surface area (Å²) in [5, 5.41) is 10.6. The van der Waals surface area contributed by atoms with Crippen LogP contribution in [0.15, 0.2) is 17.6 Å². The van der Waals surface area contributed by atoms with E-state index in [1.54, 1.807) is 18.5 Å². The third-order valence-electron chi connectivity index (χ3n) is 1.92. The molecule has 2 rings (SSSR count). The van der Waals surface area contributed by atoms with Crippen LogP contribution in [0.1, 0.15) is 5.56 Å². The van der Waals surface area contributed by atoms with Gasteiger partial charge >= 0.3 is 0 Å². The maximum Gasteiger partial charge on any atom is 0.273 e. The average molecular weight is 194 g/mol. The molecule has 2 aromatic rings. The van der Waals surface area contributed by atoms with Crippen LogP contribution in [0, 0.1) is 17.0 Å². The number of hydrogen-bond donors (Lipinski definition) is 0. The average Bonchev–Trinajstić information content (AvgIpc) is 2.52. The van der Waals surface area contributed by atoms with Crippen molar-refractivity contribution in [3.8, 4) is 0 Å². The van der Waals surface area contributed by atoms with Crippen molar-refractivity contribution < 1.29 is 4.92 Å². The van der Waals surface area contributed by atoms with Gasteiger partial charge in [0.15, 0.2) is 0 Å². The van der Waals surface area contributed by atoms with E-state index in [1.807, 2.05) is 0 Å². The lowest BCUT2D eigenvalue weighted by atomic mass is 10.2. The highest BCUT2D eigenvalue weighted by molar-refractivity contribution is 7.17. The van der Waals surface area contributed by atoms with Gasteiger partial charge in [0.05, 0.1) is 20.7 Å². The lowest BCUT2D eigenvalue weighted by Crippen LogP contribution is -1.90. The summed E-state index contributed by atoms with van der Waals surface area (Å²) in [4.78, 5) is 14.3. The summed E-state index contributed by atoms with van der Waals surface area (Å²) in [7, 11) is 0. The summed E-state index contributed by atoms with van der Waals surface area (Å²) in [6, 6.07) is 3.17. The minimum absolute atomic E-state index is 0.164. The molecule has 0 atom stereocenters. The number of nitro benzene ring substituents is 1. The molecular formula is C8H6N2O2S. The van der Waals surface area contributed by atoms with E-state index in [1.165, 1.54) is 17.4 Å². The van der Waals surface area contributed by atoms with Crippen LogP contribution >= 0.6 is 11.3 Å². The number of aromatic nitrogens is 1. The molecule has 4 nitrogen and oxygen atoms in total. The topological polar surface area (TPSA) is 56.0 Å². The fourth-order valence-electron chi connectivity index (χ4n) is 1.25. The summed E-state index contributed by atoms with van der Waals surface area (Å²) in [5.74, 6) is 0. The number of fused-ring (bicyclic) bond motifs is 1. The second-order valence-corrected chi connectivity index (χ2v) is 3.52. The van der Waals surface area contributed by atoms with Crippen molar-refractivity contribution in [2.45, 2.75) is 6.92 Å². The molecule has 66 valence electrons. The van der Waals surface area contributed by atoms with Gasteiger partial charge in [0.2, 0.25) is 0 Å². The minimum Gasteiger partial charge on any atom is -0.258 e. The molecule has 0 saturated carbocycles. The van der Waals surface area contributed by atoms with Crippen LogP contribution < -0.4 is 0 Å². The molecule has 1 aromatic carbocycles. The molecule has 0 amide bonds. The number of nitrogens with zero attached hydrogens (tertiary/aromatic N) is 2. The van der Waals surface area contributed by atoms with Crippen molar-refractivity contribution in [3.63, 3.8) is 0 Å². The maximum atomic E-state index is 10.6. The highest BCUT2D eigenvalue weighted by atomic mass is 32.1. The van der Waals surface area contributed by atoms with E-state index in [2.05, 4.69) is 4.98 Å². The summed E-state index contributed by atoms with van der Waals surface area (Å²) in [6.07, 6.45) is 0. The number of rotatable bonds is 1. The van der Waals surface area contributed by atoms with Crippen molar-refractivity contribution in [1.82, 2.24) is 4.98 Å². The second kappa shape index (κ2) is 2.77. The monoisotopic (exact) mass is 194 g/mol. The lowest BCUT2D eigenvalue weighted by molar-refractivity contribution is -0.385. The Kier molecular flexibility index (Phi) is 1.73. The molecule has 0 saturated heterocycles. The first-order chi connectivity index (χ1) is 6.20. The molecule has 1 heterocycles. The van der Waals surface area contributed by atoms with E-state index >= 15 is 0 Å². The zero-order valence-corrected chi connectivity index (χ0v) is 7.67. The molecule has 5 heteroatoms. The molecule has 0 aliphatic carbocycles. The first-order valence-electron chi connectivity index (χ1n) is 3.67. The SMILES string of the molecule is Cc1c([N+](=O)[O-])ccc2ncsc12. The van der Waals surface area contributed by atoms with Crippen LogP contribution in [0.5, 0.6) is 0 Å². The first kappa shape index (κ1) is 8.12. The predicted octanol–water partition coefficient (Wildman–Crippen LogP) is 2.51. The summed E-state index contributed by atoms with van der Waals surface area (Å²) in [6.45, 7) is 1.75. The van der Waals surface area contributed by atoms with E-state index in [9.17, 15) is 10.1 Å². The van der Waals surface area contributed by atoms with E-state index in [4.69, 9.17) is 0 Å². The van der Waals surface area contributed by atoms with Crippen molar-refractivity contribution >= 4 is 27.2 Å². The molecule has 0 unspecified atom stereocenters. The predicted molar refractivity (Wildman–Crippen MR) is 51.0 cm³/mol. The van der Waals surface area contributed by atoms with Gasteiger partial charge in [-0.25, -0.2) is 4.98 Å². The quantitative estimate of drug-likeness (QED) is 0.517. The Bertz CT molecular complexity index is 478. The number of nitro groups is 1. The summed E-state index contributed by atoms with van der Waals surface area (Å²) >= 11 is 1.43. The molecule has 0 aliphatic heterocycles. The largest absolute Gasteiger partial charge is 0.273 e. The van der Waals surface area contributed by atoms with Gasteiger partial charge in [-0.15, -0.1) is 11.3 Å². The number of benzene rings is 1. The van der Waals surface area contributed by atoms with Gasteiger partial charge in [0.25, 0.3) is 5.69 Å². The third-order valence-corrected chi connectivity index (χ3v) is 2.88. The Morgan fingerprint density at radius 3 is 3.00 bits per heavy atom. The normalized spacial score (nSPS) is 10.5. The zero-order chi connectivity index (χ0) is 9.42. The van der Waals surface area contributed by atoms with Crippen LogP contribution in [0.2, 0.25) is 0 Å². The van der Waals surface area contributed by atoms with Crippen LogP contribution in [0.25, 0.3) is 10.2 Å². The number of hydrogen-bond acceptors (Lipinski definition) is 4. The molecule has 0 radical (unpaired) electrons. The van der Waals surface area contributed by atoms with Crippen molar-refractivity contribution in [1.29, 1.82) is 0 Å². The Labute approximate surface area is 78.0 Å². The molecule has 0 N–H and O–H groups in total. The Morgan fingerprint density at radius 2 is 2.31 bits per heavy atom. The molecule has 0 aliphatic rings. The van der Waals surface area contributed by atoms with Gasteiger partial charge in [-0.2, -0.15) is 0 Å². The smallest absolute Gasteiger partial charge is 0.258 e. The molecule has 0 spiro atoms. The van der Waals surface area contributed by atoms with Gasteiger partial charge < -0.3 is 0 Å².